The van der Waals surface area contributed by atoms with Crippen molar-refractivity contribution in [1.29, 1.82) is 0 Å². The third kappa shape index (κ3) is 6.13. The van der Waals surface area contributed by atoms with Gasteiger partial charge in [-0.2, -0.15) is 0 Å². The second-order valence-electron chi connectivity index (χ2n) is 6.65. The van der Waals surface area contributed by atoms with E-state index in [1.165, 1.54) is 0 Å². The van der Waals surface area contributed by atoms with Crippen LogP contribution in [0.25, 0.3) is 0 Å². The molecule has 1 fully saturated rings. The van der Waals surface area contributed by atoms with E-state index in [0.29, 0.717) is 19.7 Å². The molecule has 1 saturated heterocycles. The van der Waals surface area contributed by atoms with Crippen molar-refractivity contribution in [2.24, 2.45) is 0 Å². The van der Waals surface area contributed by atoms with Crippen LogP contribution in [-0.4, -0.2) is 43.9 Å². The van der Waals surface area contributed by atoms with Gasteiger partial charge in [0.2, 0.25) is 0 Å². The lowest BCUT2D eigenvalue weighted by Crippen LogP contribution is -2.37. The Labute approximate surface area is 166 Å². The monoisotopic (exact) mass is 384 g/mol. The number of nitrogens with zero attached hydrogens (tertiary/aromatic N) is 2. The highest BCUT2D eigenvalue weighted by molar-refractivity contribution is 5.73. The Balaban J connectivity index is 1.45. The standard InChI is InChI=1S/C21H28N4O3/c1-2-10-28-19-5-3-4-17(13-19)15-23-21(26)24-16-18-6-7-22-20(14-18)25-8-11-27-12-9-25/h3-7,13-14H,2,8-12,15-16H2,1H3,(H2,23,24,26). The highest BCUT2D eigenvalue weighted by atomic mass is 16.5. The van der Waals surface area contributed by atoms with E-state index in [2.05, 4.69) is 27.4 Å². The Morgan fingerprint density at radius 2 is 1.89 bits per heavy atom. The normalized spacial score (nSPS) is 13.8. The Kier molecular flexibility index (Phi) is 7.49. The molecule has 1 aromatic heterocycles. The molecule has 0 unspecified atom stereocenters. The molecular formula is C21H28N4O3. The summed E-state index contributed by atoms with van der Waals surface area (Å²) < 4.78 is 11.0. The van der Waals surface area contributed by atoms with Crippen LogP contribution >= 0.6 is 0 Å². The summed E-state index contributed by atoms with van der Waals surface area (Å²) in [5.74, 6) is 1.75. The summed E-state index contributed by atoms with van der Waals surface area (Å²) in [6.07, 6.45) is 2.74. The van der Waals surface area contributed by atoms with Crippen LogP contribution in [0.4, 0.5) is 10.6 Å². The van der Waals surface area contributed by atoms with E-state index in [0.717, 1.165) is 55.4 Å². The number of anilines is 1. The first kappa shape index (κ1) is 19.9. The highest BCUT2D eigenvalue weighted by Crippen LogP contribution is 2.15. The number of urea groups is 1. The summed E-state index contributed by atoms with van der Waals surface area (Å²) in [7, 11) is 0. The molecule has 28 heavy (non-hydrogen) atoms. The number of nitrogens with one attached hydrogen (secondary N) is 2. The zero-order chi connectivity index (χ0) is 19.6. The molecule has 1 aliphatic heterocycles. The van der Waals surface area contributed by atoms with Crippen LogP contribution in [0.15, 0.2) is 42.6 Å². The topological polar surface area (TPSA) is 75.7 Å². The van der Waals surface area contributed by atoms with Gasteiger partial charge in [-0.05, 0) is 41.8 Å². The number of aromatic nitrogens is 1. The first-order valence-corrected chi connectivity index (χ1v) is 9.75. The van der Waals surface area contributed by atoms with Crippen molar-refractivity contribution < 1.29 is 14.3 Å². The van der Waals surface area contributed by atoms with E-state index in [-0.39, 0.29) is 6.03 Å². The molecular weight excluding hydrogens is 356 g/mol. The van der Waals surface area contributed by atoms with Gasteiger partial charge in [-0.25, -0.2) is 9.78 Å². The number of pyridine rings is 1. The van der Waals surface area contributed by atoms with Gasteiger partial charge in [0.25, 0.3) is 0 Å². The summed E-state index contributed by atoms with van der Waals surface area (Å²) in [5.41, 5.74) is 2.02. The minimum absolute atomic E-state index is 0.204. The Hall–Kier alpha value is -2.80. The van der Waals surface area contributed by atoms with Crippen LogP contribution in [0.3, 0.4) is 0 Å². The van der Waals surface area contributed by atoms with Crippen LogP contribution in [0, 0.1) is 0 Å². The average Bonchev–Trinajstić information content (AvgIpc) is 2.76. The van der Waals surface area contributed by atoms with Crippen molar-refractivity contribution in [3.05, 3.63) is 53.7 Å². The minimum atomic E-state index is -0.204. The van der Waals surface area contributed by atoms with Gasteiger partial charge < -0.3 is 25.0 Å². The molecule has 0 aliphatic carbocycles. The maximum atomic E-state index is 12.1. The number of rotatable bonds is 8. The molecule has 1 aliphatic rings. The van der Waals surface area contributed by atoms with Gasteiger partial charge in [0.15, 0.2) is 0 Å². The summed E-state index contributed by atoms with van der Waals surface area (Å²) in [6, 6.07) is 11.5. The predicted molar refractivity (Wildman–Crippen MR) is 109 cm³/mol. The number of benzene rings is 1. The SMILES string of the molecule is CCCOc1cccc(CNC(=O)NCc2ccnc(N3CCOCC3)c2)c1. The van der Waals surface area contributed by atoms with Gasteiger partial charge in [0.1, 0.15) is 11.6 Å². The Morgan fingerprint density at radius 3 is 2.64 bits per heavy atom. The van der Waals surface area contributed by atoms with Gasteiger partial charge in [-0.3, -0.25) is 0 Å². The van der Waals surface area contributed by atoms with Crippen LogP contribution < -0.4 is 20.3 Å². The van der Waals surface area contributed by atoms with Crippen LogP contribution in [0.2, 0.25) is 0 Å². The number of carbonyl (C=O) groups is 1. The molecule has 0 radical (unpaired) electrons. The van der Waals surface area contributed by atoms with Crippen molar-refractivity contribution in [2.45, 2.75) is 26.4 Å². The van der Waals surface area contributed by atoms with E-state index in [9.17, 15) is 4.79 Å². The molecule has 2 aromatic rings. The van der Waals surface area contributed by atoms with E-state index in [1.54, 1.807) is 6.20 Å². The number of amides is 2. The molecule has 0 bridgehead atoms. The fourth-order valence-electron chi connectivity index (χ4n) is 2.93. The minimum Gasteiger partial charge on any atom is -0.494 e. The van der Waals surface area contributed by atoms with Crippen molar-refractivity contribution in [2.75, 3.05) is 37.8 Å². The molecule has 2 heterocycles. The maximum absolute atomic E-state index is 12.1. The number of hydrogen-bond donors (Lipinski definition) is 2. The van der Waals surface area contributed by atoms with Crippen LogP contribution in [-0.2, 0) is 17.8 Å². The average molecular weight is 384 g/mol. The molecule has 150 valence electrons. The lowest BCUT2D eigenvalue weighted by Gasteiger charge is -2.28. The molecule has 0 saturated carbocycles. The third-order valence-corrected chi connectivity index (χ3v) is 4.42. The van der Waals surface area contributed by atoms with Gasteiger partial charge in [0.05, 0.1) is 19.8 Å². The molecule has 7 nitrogen and oxygen atoms in total. The van der Waals surface area contributed by atoms with Gasteiger partial charge in [-0.15, -0.1) is 0 Å². The van der Waals surface area contributed by atoms with E-state index in [1.807, 2.05) is 36.4 Å². The first-order chi connectivity index (χ1) is 13.7. The fourth-order valence-corrected chi connectivity index (χ4v) is 2.93. The zero-order valence-electron chi connectivity index (χ0n) is 16.3. The van der Waals surface area contributed by atoms with Gasteiger partial charge in [0, 0.05) is 32.4 Å². The number of ether oxygens (including phenoxy) is 2. The van der Waals surface area contributed by atoms with E-state index in [4.69, 9.17) is 9.47 Å². The van der Waals surface area contributed by atoms with Crippen molar-refractivity contribution >= 4 is 11.8 Å². The second-order valence-corrected chi connectivity index (χ2v) is 6.65. The largest absolute Gasteiger partial charge is 0.494 e. The van der Waals surface area contributed by atoms with Gasteiger partial charge >= 0.3 is 6.03 Å². The number of hydrogen-bond acceptors (Lipinski definition) is 5. The summed E-state index contributed by atoms with van der Waals surface area (Å²) in [6.45, 7) is 6.78. The maximum Gasteiger partial charge on any atom is 0.315 e. The molecule has 3 rings (SSSR count). The van der Waals surface area contributed by atoms with Gasteiger partial charge in [-0.1, -0.05) is 19.1 Å². The first-order valence-electron chi connectivity index (χ1n) is 9.75. The molecule has 2 N–H and O–H groups in total. The molecule has 7 heteroatoms. The van der Waals surface area contributed by atoms with Crippen molar-refractivity contribution in [3.8, 4) is 5.75 Å². The van der Waals surface area contributed by atoms with E-state index < -0.39 is 0 Å². The Bertz CT molecular complexity index is 763. The van der Waals surface area contributed by atoms with Crippen LogP contribution in [0.1, 0.15) is 24.5 Å². The Morgan fingerprint density at radius 1 is 1.14 bits per heavy atom. The smallest absolute Gasteiger partial charge is 0.315 e. The predicted octanol–water partition coefficient (Wildman–Crippen LogP) is 2.71. The number of carbonyl (C=O) groups excluding carboxylic acids is 1. The zero-order valence-corrected chi connectivity index (χ0v) is 16.3. The molecule has 0 spiro atoms. The molecule has 0 atom stereocenters. The van der Waals surface area contributed by atoms with Crippen LogP contribution in [0.5, 0.6) is 5.75 Å². The highest BCUT2D eigenvalue weighted by Gasteiger charge is 2.12. The van der Waals surface area contributed by atoms with Crippen molar-refractivity contribution in [3.63, 3.8) is 0 Å². The van der Waals surface area contributed by atoms with Crippen molar-refractivity contribution in [1.82, 2.24) is 15.6 Å². The number of morpholine rings is 1. The van der Waals surface area contributed by atoms with E-state index >= 15 is 0 Å². The summed E-state index contributed by atoms with van der Waals surface area (Å²) in [4.78, 5) is 18.8. The lowest BCUT2D eigenvalue weighted by atomic mass is 10.2. The molecule has 2 amide bonds. The fraction of sp³-hybridized carbons (Fsp3) is 0.429. The third-order valence-electron chi connectivity index (χ3n) is 4.42. The summed E-state index contributed by atoms with van der Waals surface area (Å²) in [5, 5.41) is 5.78. The lowest BCUT2D eigenvalue weighted by molar-refractivity contribution is 0.122. The second kappa shape index (κ2) is 10.5. The molecule has 1 aromatic carbocycles. The quantitative estimate of drug-likeness (QED) is 0.732. The summed E-state index contributed by atoms with van der Waals surface area (Å²) >= 11 is 0.